The van der Waals surface area contributed by atoms with E-state index in [-0.39, 0.29) is 5.69 Å². The lowest BCUT2D eigenvalue weighted by atomic mass is 10.3. The van der Waals surface area contributed by atoms with Gasteiger partial charge in [-0.3, -0.25) is 0 Å². The number of hydrogen-bond donors (Lipinski definition) is 2. The van der Waals surface area contributed by atoms with Gasteiger partial charge in [-0.05, 0) is 24.3 Å². The van der Waals surface area contributed by atoms with Crippen LogP contribution in [0.4, 0.5) is 11.5 Å². The Hall–Kier alpha value is -2.83. The van der Waals surface area contributed by atoms with Crippen molar-refractivity contribution in [1.29, 1.82) is 0 Å². The van der Waals surface area contributed by atoms with Crippen molar-refractivity contribution in [2.45, 2.75) is 0 Å². The number of carbonyl (C=O) groups is 1. The van der Waals surface area contributed by atoms with Gasteiger partial charge in [-0.15, -0.1) is 10.2 Å². The molecule has 0 unspecified atom stereocenters. The summed E-state index contributed by atoms with van der Waals surface area (Å²) >= 11 is 0. The molecule has 110 valence electrons. The van der Waals surface area contributed by atoms with E-state index in [4.69, 9.17) is 10.5 Å². The third-order valence-electron chi connectivity index (χ3n) is 2.64. The van der Waals surface area contributed by atoms with Gasteiger partial charge in [0.1, 0.15) is 18.2 Å². The molecular formula is C14H16N4O3. The van der Waals surface area contributed by atoms with Gasteiger partial charge in [0.05, 0.1) is 19.3 Å². The van der Waals surface area contributed by atoms with Gasteiger partial charge in [0.2, 0.25) is 0 Å². The van der Waals surface area contributed by atoms with Crippen LogP contribution in [-0.2, 0) is 4.74 Å². The first-order chi connectivity index (χ1) is 10.2. The summed E-state index contributed by atoms with van der Waals surface area (Å²) in [4.78, 5) is 11.2. The quantitative estimate of drug-likeness (QED) is 0.470. The fourth-order valence-corrected chi connectivity index (χ4v) is 1.59. The average molecular weight is 288 g/mol. The van der Waals surface area contributed by atoms with E-state index in [0.29, 0.717) is 30.4 Å². The van der Waals surface area contributed by atoms with Crippen LogP contribution >= 0.6 is 0 Å². The van der Waals surface area contributed by atoms with E-state index in [1.54, 1.807) is 18.2 Å². The molecule has 0 aliphatic rings. The molecule has 0 amide bonds. The largest absolute Gasteiger partial charge is 0.490 e. The molecule has 1 aromatic carbocycles. The van der Waals surface area contributed by atoms with Crippen molar-refractivity contribution in [3.63, 3.8) is 0 Å². The van der Waals surface area contributed by atoms with Crippen LogP contribution in [0.15, 0.2) is 36.4 Å². The zero-order chi connectivity index (χ0) is 15.1. The topological polar surface area (TPSA) is 99.4 Å². The molecule has 0 bridgehead atoms. The standard InChI is InChI=1S/C14H16N4O3/c1-20-14(19)11-6-7-13(18-17-11)16-8-9-21-12-5-3-2-4-10(12)15/h2-7H,8-9,15H2,1H3,(H,16,18). The number of rotatable bonds is 6. The summed E-state index contributed by atoms with van der Waals surface area (Å²) in [5.74, 6) is 0.677. The van der Waals surface area contributed by atoms with Gasteiger partial charge in [-0.25, -0.2) is 4.79 Å². The third kappa shape index (κ3) is 4.07. The van der Waals surface area contributed by atoms with Crippen molar-refractivity contribution in [1.82, 2.24) is 10.2 Å². The molecule has 0 aliphatic heterocycles. The van der Waals surface area contributed by atoms with Crippen LogP contribution in [0.5, 0.6) is 5.75 Å². The molecule has 0 aliphatic carbocycles. The SMILES string of the molecule is COC(=O)c1ccc(NCCOc2ccccc2N)nn1. The number of para-hydroxylation sites is 2. The van der Waals surface area contributed by atoms with E-state index in [2.05, 4.69) is 20.3 Å². The highest BCUT2D eigenvalue weighted by Crippen LogP contribution is 2.19. The van der Waals surface area contributed by atoms with Gasteiger partial charge in [-0.1, -0.05) is 12.1 Å². The summed E-state index contributed by atoms with van der Waals surface area (Å²) in [6.45, 7) is 0.954. The lowest BCUT2D eigenvalue weighted by molar-refractivity contribution is 0.0593. The normalized spacial score (nSPS) is 9.95. The maximum absolute atomic E-state index is 11.2. The van der Waals surface area contributed by atoms with Crippen molar-refractivity contribution >= 4 is 17.5 Å². The number of hydrogen-bond acceptors (Lipinski definition) is 7. The highest BCUT2D eigenvalue weighted by molar-refractivity contribution is 5.86. The van der Waals surface area contributed by atoms with E-state index in [9.17, 15) is 4.79 Å². The van der Waals surface area contributed by atoms with Gasteiger partial charge in [0.25, 0.3) is 0 Å². The van der Waals surface area contributed by atoms with Crippen LogP contribution in [0.3, 0.4) is 0 Å². The molecule has 0 radical (unpaired) electrons. The van der Waals surface area contributed by atoms with Crippen molar-refractivity contribution in [2.75, 3.05) is 31.3 Å². The monoisotopic (exact) mass is 288 g/mol. The molecule has 3 N–H and O–H groups in total. The Balaban J connectivity index is 1.79. The molecule has 0 atom stereocenters. The molecule has 0 spiro atoms. The van der Waals surface area contributed by atoms with E-state index in [1.807, 2.05) is 12.1 Å². The van der Waals surface area contributed by atoms with Crippen molar-refractivity contribution in [3.8, 4) is 5.75 Å². The second-order valence-electron chi connectivity index (χ2n) is 4.11. The lowest BCUT2D eigenvalue weighted by Gasteiger charge is -2.09. The first-order valence-corrected chi connectivity index (χ1v) is 6.34. The molecule has 21 heavy (non-hydrogen) atoms. The van der Waals surface area contributed by atoms with Crippen LogP contribution in [-0.4, -0.2) is 36.4 Å². The number of methoxy groups -OCH3 is 1. The zero-order valence-electron chi connectivity index (χ0n) is 11.6. The van der Waals surface area contributed by atoms with E-state index in [0.717, 1.165) is 0 Å². The Kier molecular flexibility index (Phi) is 4.92. The van der Waals surface area contributed by atoms with Crippen molar-refractivity contribution < 1.29 is 14.3 Å². The molecule has 7 nitrogen and oxygen atoms in total. The fraction of sp³-hybridized carbons (Fsp3) is 0.214. The summed E-state index contributed by atoms with van der Waals surface area (Å²) < 4.78 is 10.1. The summed E-state index contributed by atoms with van der Waals surface area (Å²) in [6.07, 6.45) is 0. The molecule has 1 heterocycles. The molecular weight excluding hydrogens is 272 g/mol. The van der Waals surface area contributed by atoms with Crippen LogP contribution in [0.1, 0.15) is 10.5 Å². The summed E-state index contributed by atoms with van der Waals surface area (Å²) in [5, 5.41) is 10.6. The number of nitrogens with two attached hydrogens (primary N) is 1. The minimum Gasteiger partial charge on any atom is -0.490 e. The van der Waals surface area contributed by atoms with Crippen LogP contribution in [0, 0.1) is 0 Å². The fourth-order valence-electron chi connectivity index (χ4n) is 1.59. The number of esters is 1. The lowest BCUT2D eigenvalue weighted by Crippen LogP contribution is -2.14. The predicted octanol–water partition coefficient (Wildman–Crippen LogP) is 1.34. The number of anilines is 2. The number of nitrogen functional groups attached to an aromatic ring is 1. The Labute approximate surface area is 122 Å². The van der Waals surface area contributed by atoms with E-state index < -0.39 is 5.97 Å². The highest BCUT2D eigenvalue weighted by Gasteiger charge is 2.07. The van der Waals surface area contributed by atoms with E-state index in [1.165, 1.54) is 13.2 Å². The van der Waals surface area contributed by atoms with Gasteiger partial charge >= 0.3 is 5.97 Å². The van der Waals surface area contributed by atoms with Crippen LogP contribution in [0.25, 0.3) is 0 Å². The number of benzene rings is 1. The van der Waals surface area contributed by atoms with Crippen LogP contribution in [0.2, 0.25) is 0 Å². The molecule has 2 aromatic rings. The summed E-state index contributed by atoms with van der Waals surface area (Å²) in [5.41, 5.74) is 6.52. The van der Waals surface area contributed by atoms with Gasteiger partial charge in [-0.2, -0.15) is 0 Å². The maximum atomic E-state index is 11.2. The minimum absolute atomic E-state index is 0.163. The highest BCUT2D eigenvalue weighted by atomic mass is 16.5. The number of carbonyl (C=O) groups excluding carboxylic acids is 1. The second-order valence-corrected chi connectivity index (χ2v) is 4.11. The molecule has 7 heteroatoms. The number of nitrogens with zero attached hydrogens (tertiary/aromatic N) is 2. The van der Waals surface area contributed by atoms with Crippen molar-refractivity contribution in [3.05, 3.63) is 42.1 Å². The van der Waals surface area contributed by atoms with Gasteiger partial charge < -0.3 is 20.5 Å². The second kappa shape index (κ2) is 7.09. The summed E-state index contributed by atoms with van der Waals surface area (Å²) in [7, 11) is 1.29. The minimum atomic E-state index is -0.517. The van der Waals surface area contributed by atoms with E-state index >= 15 is 0 Å². The Bertz CT molecular complexity index is 601. The van der Waals surface area contributed by atoms with Crippen molar-refractivity contribution in [2.24, 2.45) is 0 Å². The number of ether oxygens (including phenoxy) is 2. The third-order valence-corrected chi connectivity index (χ3v) is 2.64. The Morgan fingerprint density at radius 1 is 1.24 bits per heavy atom. The molecule has 2 rings (SSSR count). The smallest absolute Gasteiger partial charge is 0.358 e. The maximum Gasteiger partial charge on any atom is 0.358 e. The number of aromatic nitrogens is 2. The molecule has 0 fully saturated rings. The van der Waals surface area contributed by atoms with Crippen LogP contribution < -0.4 is 15.8 Å². The Morgan fingerprint density at radius 2 is 2.05 bits per heavy atom. The van der Waals surface area contributed by atoms with Gasteiger partial charge in [0.15, 0.2) is 5.69 Å². The number of nitrogens with one attached hydrogen (secondary N) is 1. The average Bonchev–Trinajstić information content (AvgIpc) is 2.53. The first kappa shape index (κ1) is 14.6. The molecule has 0 saturated heterocycles. The summed E-state index contributed by atoms with van der Waals surface area (Å²) in [6, 6.07) is 10.5. The Morgan fingerprint density at radius 3 is 2.71 bits per heavy atom. The van der Waals surface area contributed by atoms with Gasteiger partial charge in [0, 0.05) is 0 Å². The zero-order valence-corrected chi connectivity index (χ0v) is 11.6. The molecule has 1 aromatic heterocycles. The predicted molar refractivity (Wildman–Crippen MR) is 78.2 cm³/mol. The molecule has 0 saturated carbocycles. The first-order valence-electron chi connectivity index (χ1n) is 6.34.